The highest BCUT2D eigenvalue weighted by Crippen LogP contribution is 2.44. The predicted octanol–water partition coefficient (Wildman–Crippen LogP) is 2.98. The summed E-state index contributed by atoms with van der Waals surface area (Å²) in [5.74, 6) is 1.92. The van der Waals surface area contributed by atoms with Crippen LogP contribution in [0.15, 0.2) is 11.6 Å². The predicted molar refractivity (Wildman–Crippen MR) is 73.9 cm³/mol. The molecule has 1 N–H and O–H groups in total. The summed E-state index contributed by atoms with van der Waals surface area (Å²) in [6.07, 6.45) is 7.89. The molecule has 2 aromatic heterocycles. The molecule has 4 rings (SSSR count). The van der Waals surface area contributed by atoms with E-state index in [0.717, 1.165) is 29.4 Å². The van der Waals surface area contributed by atoms with Gasteiger partial charge in [-0.2, -0.15) is 0 Å². The van der Waals surface area contributed by atoms with Gasteiger partial charge < -0.3 is 5.32 Å². The highest BCUT2D eigenvalue weighted by atomic mass is 32.1. The van der Waals surface area contributed by atoms with Gasteiger partial charge in [-0.05, 0) is 44.4 Å². The van der Waals surface area contributed by atoms with Crippen LogP contribution in [0.25, 0.3) is 4.96 Å². The van der Waals surface area contributed by atoms with E-state index in [-0.39, 0.29) is 0 Å². The Bertz CT molecular complexity index is 551. The first kappa shape index (κ1) is 11.0. The van der Waals surface area contributed by atoms with Crippen LogP contribution < -0.4 is 5.32 Å². The molecular formula is C14H19N3S. The van der Waals surface area contributed by atoms with Crippen molar-refractivity contribution in [3.05, 3.63) is 23.0 Å². The third-order valence-corrected chi connectivity index (χ3v) is 5.08. The van der Waals surface area contributed by atoms with Gasteiger partial charge in [0.25, 0.3) is 0 Å². The number of rotatable bonds is 5. The lowest BCUT2D eigenvalue weighted by molar-refractivity contribution is 0.412. The van der Waals surface area contributed by atoms with E-state index < -0.39 is 0 Å². The Hall–Kier alpha value is -0.870. The average Bonchev–Trinajstić information content (AvgIpc) is 3.25. The summed E-state index contributed by atoms with van der Waals surface area (Å²) in [5.41, 5.74) is 2.53. The maximum atomic E-state index is 4.61. The van der Waals surface area contributed by atoms with Crippen molar-refractivity contribution in [3.8, 4) is 0 Å². The second kappa shape index (κ2) is 4.07. The summed E-state index contributed by atoms with van der Waals surface area (Å²) in [6, 6.07) is 0.772. The molecule has 3 nitrogen and oxygen atoms in total. The van der Waals surface area contributed by atoms with E-state index in [1.807, 2.05) is 0 Å². The molecule has 0 aromatic carbocycles. The SMILES string of the molecule is Cc1nc2sccn2c1CNC(C1CC1)C1CC1. The summed E-state index contributed by atoms with van der Waals surface area (Å²) in [5, 5.41) is 5.93. The van der Waals surface area contributed by atoms with Crippen molar-refractivity contribution >= 4 is 16.3 Å². The van der Waals surface area contributed by atoms with E-state index in [0.29, 0.717) is 0 Å². The Labute approximate surface area is 111 Å². The van der Waals surface area contributed by atoms with Crippen LogP contribution in [0.3, 0.4) is 0 Å². The average molecular weight is 261 g/mol. The third kappa shape index (κ3) is 1.88. The molecule has 0 radical (unpaired) electrons. The monoisotopic (exact) mass is 261 g/mol. The molecule has 0 saturated heterocycles. The largest absolute Gasteiger partial charge is 0.308 e. The zero-order valence-electron chi connectivity index (χ0n) is 10.7. The number of aromatic nitrogens is 2. The Balaban J connectivity index is 1.52. The van der Waals surface area contributed by atoms with Crippen LogP contribution in [0, 0.1) is 18.8 Å². The smallest absolute Gasteiger partial charge is 0.194 e. The number of nitrogens with one attached hydrogen (secondary N) is 1. The van der Waals surface area contributed by atoms with Gasteiger partial charge in [0.1, 0.15) is 0 Å². The van der Waals surface area contributed by atoms with Gasteiger partial charge in [-0.15, -0.1) is 11.3 Å². The lowest BCUT2D eigenvalue weighted by atomic mass is 10.1. The summed E-state index contributed by atoms with van der Waals surface area (Å²) >= 11 is 1.72. The fourth-order valence-corrected chi connectivity index (χ4v) is 3.78. The van der Waals surface area contributed by atoms with Gasteiger partial charge in [0.15, 0.2) is 4.96 Å². The van der Waals surface area contributed by atoms with Gasteiger partial charge >= 0.3 is 0 Å². The van der Waals surface area contributed by atoms with Crippen molar-refractivity contribution in [2.24, 2.45) is 11.8 Å². The first-order valence-electron chi connectivity index (χ1n) is 6.97. The topological polar surface area (TPSA) is 29.3 Å². The fourth-order valence-electron chi connectivity index (χ4n) is 3.00. The van der Waals surface area contributed by atoms with Gasteiger partial charge in [0.05, 0.1) is 11.4 Å². The molecule has 0 bridgehead atoms. The third-order valence-electron chi connectivity index (χ3n) is 4.33. The van der Waals surface area contributed by atoms with Crippen molar-refractivity contribution < 1.29 is 0 Å². The van der Waals surface area contributed by atoms with E-state index in [4.69, 9.17) is 0 Å². The van der Waals surface area contributed by atoms with E-state index >= 15 is 0 Å². The molecule has 0 amide bonds. The Kier molecular flexibility index (Phi) is 2.49. The van der Waals surface area contributed by atoms with Crippen LogP contribution in [0.1, 0.15) is 37.1 Å². The number of hydrogen-bond acceptors (Lipinski definition) is 3. The van der Waals surface area contributed by atoms with E-state index in [1.165, 1.54) is 37.1 Å². The van der Waals surface area contributed by atoms with Crippen LogP contribution >= 0.6 is 11.3 Å². The minimum Gasteiger partial charge on any atom is -0.308 e. The Morgan fingerprint density at radius 3 is 2.78 bits per heavy atom. The van der Waals surface area contributed by atoms with Crippen molar-refractivity contribution in [2.75, 3.05) is 0 Å². The molecule has 2 aliphatic carbocycles. The highest BCUT2D eigenvalue weighted by Gasteiger charge is 2.41. The minimum absolute atomic E-state index is 0.772. The molecule has 0 atom stereocenters. The van der Waals surface area contributed by atoms with Crippen LogP contribution in [0.4, 0.5) is 0 Å². The van der Waals surface area contributed by atoms with E-state index in [9.17, 15) is 0 Å². The molecular weight excluding hydrogens is 242 g/mol. The molecule has 96 valence electrons. The second-order valence-electron chi connectivity index (χ2n) is 5.78. The fraction of sp³-hybridized carbons (Fsp3) is 0.643. The van der Waals surface area contributed by atoms with Gasteiger partial charge in [0, 0.05) is 24.2 Å². The molecule has 2 heterocycles. The standard InChI is InChI=1S/C14H19N3S/c1-9-12(17-6-7-18-14(17)16-9)8-15-13(10-2-3-10)11-4-5-11/h6-7,10-11,13,15H,2-5,8H2,1H3. The first-order chi connectivity index (χ1) is 8.83. The van der Waals surface area contributed by atoms with Gasteiger partial charge in [0.2, 0.25) is 0 Å². The normalized spacial score (nSPS) is 20.1. The number of thiazole rings is 1. The van der Waals surface area contributed by atoms with Gasteiger partial charge in [-0.1, -0.05) is 0 Å². The Morgan fingerprint density at radius 1 is 1.39 bits per heavy atom. The number of imidazole rings is 1. The molecule has 4 heteroatoms. The maximum absolute atomic E-state index is 4.61. The molecule has 0 unspecified atom stereocenters. The Morgan fingerprint density at radius 2 is 2.11 bits per heavy atom. The number of hydrogen-bond donors (Lipinski definition) is 1. The zero-order valence-corrected chi connectivity index (χ0v) is 11.5. The number of aryl methyl sites for hydroxylation is 1. The van der Waals surface area contributed by atoms with Crippen molar-refractivity contribution in [1.82, 2.24) is 14.7 Å². The second-order valence-corrected chi connectivity index (χ2v) is 6.65. The molecule has 0 aliphatic heterocycles. The van der Waals surface area contributed by atoms with Crippen LogP contribution in [0.2, 0.25) is 0 Å². The lowest BCUT2D eigenvalue weighted by Crippen LogP contribution is -2.33. The quantitative estimate of drug-likeness (QED) is 0.896. The van der Waals surface area contributed by atoms with Crippen LogP contribution in [-0.2, 0) is 6.54 Å². The highest BCUT2D eigenvalue weighted by molar-refractivity contribution is 7.15. The van der Waals surface area contributed by atoms with Crippen molar-refractivity contribution in [2.45, 2.75) is 45.2 Å². The summed E-state index contributed by atoms with van der Waals surface area (Å²) in [4.78, 5) is 5.74. The summed E-state index contributed by atoms with van der Waals surface area (Å²) < 4.78 is 2.24. The lowest BCUT2D eigenvalue weighted by Gasteiger charge is -2.17. The van der Waals surface area contributed by atoms with Crippen LogP contribution in [-0.4, -0.2) is 15.4 Å². The summed E-state index contributed by atoms with van der Waals surface area (Å²) in [7, 11) is 0. The number of nitrogens with zero attached hydrogens (tertiary/aromatic N) is 2. The summed E-state index contributed by atoms with van der Waals surface area (Å²) in [6.45, 7) is 3.10. The molecule has 0 spiro atoms. The van der Waals surface area contributed by atoms with Crippen molar-refractivity contribution in [3.63, 3.8) is 0 Å². The molecule has 2 saturated carbocycles. The van der Waals surface area contributed by atoms with E-state index in [1.54, 1.807) is 11.3 Å². The van der Waals surface area contributed by atoms with Gasteiger partial charge in [-0.3, -0.25) is 4.40 Å². The minimum atomic E-state index is 0.772. The van der Waals surface area contributed by atoms with Crippen LogP contribution in [0.5, 0.6) is 0 Å². The van der Waals surface area contributed by atoms with Crippen molar-refractivity contribution in [1.29, 1.82) is 0 Å². The molecule has 2 aliphatic rings. The number of fused-ring (bicyclic) bond motifs is 1. The zero-order chi connectivity index (χ0) is 12.1. The first-order valence-corrected chi connectivity index (χ1v) is 7.85. The van der Waals surface area contributed by atoms with E-state index in [2.05, 4.69) is 33.2 Å². The molecule has 2 aromatic rings. The van der Waals surface area contributed by atoms with Gasteiger partial charge in [-0.25, -0.2) is 4.98 Å². The maximum Gasteiger partial charge on any atom is 0.194 e. The molecule has 2 fully saturated rings. The molecule has 18 heavy (non-hydrogen) atoms.